The molecule has 5 nitrogen and oxygen atoms in total. The van der Waals surface area contributed by atoms with E-state index in [1.54, 1.807) is 23.9 Å². The summed E-state index contributed by atoms with van der Waals surface area (Å²) in [5, 5.41) is 2.70. The van der Waals surface area contributed by atoms with Gasteiger partial charge in [-0.2, -0.15) is 11.8 Å². The van der Waals surface area contributed by atoms with Crippen molar-refractivity contribution in [2.24, 2.45) is 4.99 Å². The maximum Gasteiger partial charge on any atom is 0.330 e. The van der Waals surface area contributed by atoms with Crippen LogP contribution in [0.15, 0.2) is 29.3 Å². The van der Waals surface area contributed by atoms with E-state index in [4.69, 9.17) is 4.74 Å². The average molecular weight is 292 g/mol. The molecule has 1 heterocycles. The molecule has 2 rings (SSSR count). The van der Waals surface area contributed by atoms with E-state index in [-0.39, 0.29) is 11.9 Å². The first-order valence-corrected chi connectivity index (χ1v) is 7.62. The van der Waals surface area contributed by atoms with E-state index in [0.717, 1.165) is 11.3 Å². The lowest BCUT2D eigenvalue weighted by Crippen LogP contribution is -2.28. The van der Waals surface area contributed by atoms with E-state index >= 15 is 0 Å². The van der Waals surface area contributed by atoms with Crippen LogP contribution >= 0.6 is 11.8 Å². The number of rotatable bonds is 5. The van der Waals surface area contributed by atoms with E-state index in [1.807, 2.05) is 18.4 Å². The third kappa shape index (κ3) is 3.01. The van der Waals surface area contributed by atoms with Crippen LogP contribution < -0.4 is 5.32 Å². The van der Waals surface area contributed by atoms with E-state index in [2.05, 4.69) is 10.3 Å². The zero-order chi connectivity index (χ0) is 14.5. The first kappa shape index (κ1) is 14.6. The highest BCUT2D eigenvalue weighted by Gasteiger charge is 2.27. The van der Waals surface area contributed by atoms with Crippen LogP contribution in [0.2, 0.25) is 0 Å². The van der Waals surface area contributed by atoms with E-state index in [0.29, 0.717) is 17.8 Å². The highest BCUT2D eigenvalue weighted by Crippen LogP contribution is 2.17. The molecule has 1 amide bonds. The van der Waals surface area contributed by atoms with Crippen LogP contribution in [0, 0.1) is 0 Å². The molecular formula is C14H16N2O3S. The van der Waals surface area contributed by atoms with Gasteiger partial charge < -0.3 is 10.1 Å². The zero-order valence-electron chi connectivity index (χ0n) is 11.4. The largest absolute Gasteiger partial charge is 0.467 e. The van der Waals surface area contributed by atoms with Gasteiger partial charge in [0.1, 0.15) is 5.84 Å². The van der Waals surface area contributed by atoms with Gasteiger partial charge >= 0.3 is 5.97 Å². The average Bonchev–Trinajstić information content (AvgIpc) is 2.79. The lowest BCUT2D eigenvalue weighted by Gasteiger charge is -2.10. The molecule has 0 saturated heterocycles. The number of benzene rings is 1. The fraction of sp³-hybridized carbons (Fsp3) is 0.357. The van der Waals surface area contributed by atoms with Gasteiger partial charge in [0.2, 0.25) is 0 Å². The van der Waals surface area contributed by atoms with Crippen LogP contribution in [0.5, 0.6) is 0 Å². The van der Waals surface area contributed by atoms with Crippen molar-refractivity contribution in [2.45, 2.75) is 12.5 Å². The number of thioether (sulfide) groups is 1. The molecular weight excluding hydrogens is 276 g/mol. The molecule has 1 aliphatic heterocycles. The van der Waals surface area contributed by atoms with Crippen molar-refractivity contribution in [1.82, 2.24) is 5.32 Å². The van der Waals surface area contributed by atoms with Gasteiger partial charge in [0.25, 0.3) is 5.91 Å². The smallest absolute Gasteiger partial charge is 0.330 e. The number of hydrogen-bond acceptors (Lipinski definition) is 5. The van der Waals surface area contributed by atoms with Gasteiger partial charge in [-0.15, -0.1) is 0 Å². The third-order valence-corrected chi connectivity index (χ3v) is 3.66. The van der Waals surface area contributed by atoms with Crippen LogP contribution in [0.3, 0.4) is 0 Å². The number of nitrogens with zero attached hydrogens (tertiary/aromatic N) is 1. The van der Waals surface area contributed by atoms with Crippen molar-refractivity contribution in [1.29, 1.82) is 0 Å². The molecule has 0 radical (unpaired) electrons. The second-order valence-electron chi connectivity index (χ2n) is 4.30. The Balaban J connectivity index is 2.28. The molecule has 1 aliphatic rings. The van der Waals surface area contributed by atoms with Crippen LogP contribution in [0.4, 0.5) is 0 Å². The molecule has 1 atom stereocenters. The van der Waals surface area contributed by atoms with Crippen LogP contribution in [-0.2, 0) is 9.53 Å². The van der Waals surface area contributed by atoms with Gasteiger partial charge in [-0.05, 0) is 24.5 Å². The molecule has 20 heavy (non-hydrogen) atoms. The Bertz CT molecular complexity index is 557. The quantitative estimate of drug-likeness (QED) is 0.835. The molecule has 0 spiro atoms. The predicted octanol–water partition coefficient (Wildman–Crippen LogP) is 1.47. The number of ether oxygens (including phenoxy) is 1. The van der Waals surface area contributed by atoms with Crippen LogP contribution in [0.25, 0.3) is 0 Å². The van der Waals surface area contributed by atoms with Crippen molar-refractivity contribution < 1.29 is 14.3 Å². The lowest BCUT2D eigenvalue weighted by molar-refractivity contribution is -0.142. The minimum Gasteiger partial charge on any atom is -0.467 e. The monoisotopic (exact) mass is 292 g/mol. The second kappa shape index (κ2) is 6.56. The highest BCUT2D eigenvalue weighted by atomic mass is 32.2. The highest BCUT2D eigenvalue weighted by molar-refractivity contribution is 7.98. The second-order valence-corrected chi connectivity index (χ2v) is 5.28. The Labute approximate surface area is 121 Å². The number of carbonyl (C=O) groups is 2. The normalized spacial score (nSPS) is 16.7. The number of esters is 1. The Morgan fingerprint density at radius 1 is 1.40 bits per heavy atom. The molecule has 1 unspecified atom stereocenters. The van der Waals surface area contributed by atoms with Gasteiger partial charge in [0, 0.05) is 5.56 Å². The summed E-state index contributed by atoms with van der Waals surface area (Å²) in [4.78, 5) is 27.9. The summed E-state index contributed by atoms with van der Waals surface area (Å²) in [7, 11) is 1.34. The van der Waals surface area contributed by atoms with Crippen LogP contribution in [-0.4, -0.2) is 42.9 Å². The van der Waals surface area contributed by atoms with Gasteiger partial charge in [0.15, 0.2) is 6.04 Å². The van der Waals surface area contributed by atoms with Gasteiger partial charge in [-0.1, -0.05) is 18.2 Å². The summed E-state index contributed by atoms with van der Waals surface area (Å²) < 4.78 is 4.77. The van der Waals surface area contributed by atoms with Crippen molar-refractivity contribution in [3.8, 4) is 0 Å². The summed E-state index contributed by atoms with van der Waals surface area (Å²) in [5.41, 5.74) is 1.32. The number of carbonyl (C=O) groups excluding carboxylic acids is 2. The molecule has 1 aromatic carbocycles. The summed E-state index contributed by atoms with van der Waals surface area (Å²) in [6, 6.07) is 6.60. The molecule has 0 saturated carbocycles. The standard InChI is InChI=1S/C14H16N2O3S/c1-19-14(18)11(7-8-20-2)15-12-9-5-3-4-6-10(9)13(17)16-12/h3-6,11H,7-8H2,1-2H3,(H,15,16,17). The van der Waals surface area contributed by atoms with Crippen molar-refractivity contribution in [2.75, 3.05) is 19.1 Å². The topological polar surface area (TPSA) is 67.8 Å². The van der Waals surface area contributed by atoms with Gasteiger partial charge in [-0.25, -0.2) is 4.79 Å². The first-order chi connectivity index (χ1) is 9.67. The minimum absolute atomic E-state index is 0.187. The molecule has 1 N–H and O–H groups in total. The fourth-order valence-corrected chi connectivity index (χ4v) is 2.45. The Kier molecular flexibility index (Phi) is 4.79. The number of nitrogens with one attached hydrogen (secondary N) is 1. The lowest BCUT2D eigenvalue weighted by atomic mass is 10.1. The zero-order valence-corrected chi connectivity index (χ0v) is 12.2. The Morgan fingerprint density at radius 3 is 2.75 bits per heavy atom. The Hall–Kier alpha value is -1.82. The van der Waals surface area contributed by atoms with Crippen molar-refractivity contribution in [3.63, 3.8) is 0 Å². The third-order valence-electron chi connectivity index (χ3n) is 3.01. The van der Waals surface area contributed by atoms with Gasteiger partial charge in [0.05, 0.1) is 12.7 Å². The molecule has 1 aromatic rings. The summed E-state index contributed by atoms with van der Waals surface area (Å²) >= 11 is 1.64. The van der Waals surface area contributed by atoms with Crippen molar-refractivity contribution in [3.05, 3.63) is 35.4 Å². The van der Waals surface area contributed by atoms with Crippen LogP contribution in [0.1, 0.15) is 22.3 Å². The fourth-order valence-electron chi connectivity index (χ4n) is 1.99. The maximum absolute atomic E-state index is 11.8. The summed E-state index contributed by atoms with van der Waals surface area (Å²) in [6.07, 6.45) is 2.55. The molecule has 0 fully saturated rings. The van der Waals surface area contributed by atoms with E-state index in [9.17, 15) is 9.59 Å². The van der Waals surface area contributed by atoms with E-state index < -0.39 is 6.04 Å². The number of fused-ring (bicyclic) bond motifs is 1. The molecule has 6 heteroatoms. The predicted molar refractivity (Wildman–Crippen MR) is 79.2 cm³/mol. The number of amides is 1. The molecule has 0 aromatic heterocycles. The minimum atomic E-state index is -0.589. The number of amidine groups is 1. The number of aliphatic imine (C=N–C) groups is 1. The number of methoxy groups -OCH3 is 1. The van der Waals surface area contributed by atoms with Gasteiger partial charge in [-0.3, -0.25) is 9.79 Å². The molecule has 0 bridgehead atoms. The summed E-state index contributed by atoms with van der Waals surface area (Å²) in [5.74, 6) is 0.673. The first-order valence-electron chi connectivity index (χ1n) is 6.22. The maximum atomic E-state index is 11.8. The molecule has 0 aliphatic carbocycles. The Morgan fingerprint density at radius 2 is 2.10 bits per heavy atom. The summed E-state index contributed by atoms with van der Waals surface area (Å²) in [6.45, 7) is 0. The van der Waals surface area contributed by atoms with Crippen molar-refractivity contribution >= 4 is 29.5 Å². The SMILES string of the molecule is COC(=O)C(CCSC)N=C1NC(=O)c2ccccc21. The number of hydrogen-bond donors (Lipinski definition) is 1. The molecule has 106 valence electrons. The van der Waals surface area contributed by atoms with E-state index in [1.165, 1.54) is 7.11 Å².